The number of Topliss-reactive ketones (excluding diaryl/α,β-unsaturated/α-hetero) is 1. The van der Waals surface area contributed by atoms with Gasteiger partial charge >= 0.3 is 5.97 Å². The standard InChI is InChI=1S/C35H58N4O7/c1-18-11-23(40)30-25(43-18)16-24-21(31(30)41)15-26(33(2,3)45-24)44-32(42)34(4)27(46-34)17-35(8-5-6-9-35)20-13-22(39-29(37)14-20)19-7-10-38-28(36)12-19/h18-22,24-31,38-39,41H,5-17,36-37H2,1-4H3/t18?,19?,20?,21?,22?,24?,25?,26-,27-,28?,29?,30?,31?,34+/m1/s1. The fourth-order valence-electron chi connectivity index (χ4n) is 10.6. The number of rotatable bonds is 6. The number of carbonyl (C=O) groups excluding carboxylic acids is 2. The Hall–Kier alpha value is -1.18. The summed E-state index contributed by atoms with van der Waals surface area (Å²) in [6, 6.07) is 0.359. The number of nitrogens with one attached hydrogen (secondary N) is 2. The molecular weight excluding hydrogens is 588 g/mol. The average molecular weight is 647 g/mol. The van der Waals surface area contributed by atoms with Crippen LogP contribution in [0, 0.1) is 29.1 Å². The van der Waals surface area contributed by atoms with Crippen LogP contribution in [0.25, 0.3) is 0 Å². The van der Waals surface area contributed by atoms with Gasteiger partial charge < -0.3 is 40.8 Å². The lowest BCUT2D eigenvalue weighted by Gasteiger charge is -2.53. The summed E-state index contributed by atoms with van der Waals surface area (Å²) < 4.78 is 25.1. The molecule has 2 saturated carbocycles. The molecule has 5 heterocycles. The van der Waals surface area contributed by atoms with Gasteiger partial charge in [0.25, 0.3) is 0 Å². The maximum atomic E-state index is 13.9. The highest BCUT2D eigenvalue weighted by Crippen LogP contribution is 2.57. The first kappa shape index (κ1) is 33.3. The number of nitrogens with two attached hydrogens (primary N) is 2. The van der Waals surface area contributed by atoms with E-state index in [0.29, 0.717) is 37.1 Å². The molecule has 7 fully saturated rings. The first-order valence-corrected chi connectivity index (χ1v) is 18.2. The van der Waals surface area contributed by atoms with Crippen molar-refractivity contribution < 1.29 is 33.6 Å². The van der Waals surface area contributed by atoms with Gasteiger partial charge in [0.1, 0.15) is 11.9 Å². The number of aliphatic hydroxyl groups excluding tert-OH is 1. The van der Waals surface area contributed by atoms with Gasteiger partial charge in [-0.2, -0.15) is 0 Å². The third-order valence-electron chi connectivity index (χ3n) is 13.3. The monoisotopic (exact) mass is 646 g/mol. The maximum absolute atomic E-state index is 13.9. The molecule has 0 aromatic heterocycles. The molecule has 14 atom stereocenters. The quantitative estimate of drug-likeness (QED) is 0.212. The molecule has 11 nitrogen and oxygen atoms in total. The average Bonchev–Trinajstić information content (AvgIpc) is 3.39. The molecule has 7 aliphatic rings. The molecule has 0 aromatic carbocycles. The van der Waals surface area contributed by atoms with E-state index in [-0.39, 0.29) is 59.8 Å². The normalized spacial score (nSPS) is 49.9. The van der Waals surface area contributed by atoms with Crippen molar-refractivity contribution in [3.8, 4) is 0 Å². The van der Waals surface area contributed by atoms with E-state index in [1.165, 1.54) is 12.8 Å². The number of ketones is 1. The molecule has 7 rings (SSSR count). The lowest BCUT2D eigenvalue weighted by molar-refractivity contribution is -0.257. The van der Waals surface area contributed by atoms with Crippen molar-refractivity contribution in [3.63, 3.8) is 0 Å². The summed E-state index contributed by atoms with van der Waals surface area (Å²) in [5.41, 5.74) is 11.3. The van der Waals surface area contributed by atoms with Gasteiger partial charge in [-0.15, -0.1) is 0 Å². The van der Waals surface area contributed by atoms with E-state index in [4.69, 9.17) is 30.4 Å². The van der Waals surface area contributed by atoms with E-state index in [0.717, 1.165) is 51.5 Å². The molecule has 5 saturated heterocycles. The van der Waals surface area contributed by atoms with E-state index < -0.39 is 29.3 Å². The first-order valence-electron chi connectivity index (χ1n) is 18.2. The molecule has 0 radical (unpaired) electrons. The number of hydrogen-bond acceptors (Lipinski definition) is 11. The number of ether oxygens (including phenoxy) is 4. The Morgan fingerprint density at radius 2 is 1.78 bits per heavy atom. The Morgan fingerprint density at radius 1 is 1.02 bits per heavy atom. The lowest BCUT2D eigenvalue weighted by atomic mass is 9.63. The molecular formula is C35H58N4O7. The van der Waals surface area contributed by atoms with Crippen LogP contribution in [-0.4, -0.2) is 89.6 Å². The van der Waals surface area contributed by atoms with Crippen molar-refractivity contribution in [2.75, 3.05) is 6.54 Å². The van der Waals surface area contributed by atoms with Gasteiger partial charge in [0.2, 0.25) is 0 Å². The summed E-state index contributed by atoms with van der Waals surface area (Å²) in [5.74, 6) is -0.170. The molecule has 0 aromatic rings. The molecule has 5 aliphatic heterocycles. The Kier molecular flexibility index (Phi) is 8.91. The smallest absolute Gasteiger partial charge is 0.341 e. The van der Waals surface area contributed by atoms with Gasteiger partial charge in [0.15, 0.2) is 5.60 Å². The van der Waals surface area contributed by atoms with Gasteiger partial charge in [-0.25, -0.2) is 4.79 Å². The highest BCUT2D eigenvalue weighted by molar-refractivity contribution is 5.84. The number of epoxide rings is 1. The number of fused-ring (bicyclic) bond motifs is 2. The van der Waals surface area contributed by atoms with Gasteiger partial charge in [-0.1, -0.05) is 12.8 Å². The minimum Gasteiger partial charge on any atom is -0.457 e. The Morgan fingerprint density at radius 3 is 2.52 bits per heavy atom. The highest BCUT2D eigenvalue weighted by Gasteiger charge is 2.64. The zero-order valence-corrected chi connectivity index (χ0v) is 28.2. The Labute approximate surface area is 273 Å². The van der Waals surface area contributed by atoms with Crippen molar-refractivity contribution in [3.05, 3.63) is 0 Å². The predicted octanol–water partition coefficient (Wildman–Crippen LogP) is 2.25. The van der Waals surface area contributed by atoms with Gasteiger partial charge in [0, 0.05) is 24.8 Å². The molecule has 11 unspecified atom stereocenters. The summed E-state index contributed by atoms with van der Waals surface area (Å²) in [6.07, 6.45) is 8.53. The minimum absolute atomic E-state index is 0.0366. The second-order valence-corrected chi connectivity index (χ2v) is 16.8. The molecule has 0 bridgehead atoms. The van der Waals surface area contributed by atoms with Crippen LogP contribution < -0.4 is 22.1 Å². The maximum Gasteiger partial charge on any atom is 0.341 e. The van der Waals surface area contributed by atoms with E-state index in [2.05, 4.69) is 10.6 Å². The molecule has 0 amide bonds. The zero-order chi connectivity index (χ0) is 32.6. The van der Waals surface area contributed by atoms with Gasteiger partial charge in [-0.3, -0.25) is 10.1 Å². The van der Waals surface area contributed by atoms with E-state index >= 15 is 0 Å². The molecule has 0 spiro atoms. The second-order valence-electron chi connectivity index (χ2n) is 16.8. The van der Waals surface area contributed by atoms with Crippen molar-refractivity contribution >= 4 is 11.8 Å². The van der Waals surface area contributed by atoms with Crippen LogP contribution in [0.2, 0.25) is 0 Å². The third-order valence-corrected chi connectivity index (χ3v) is 13.3. The molecule has 46 heavy (non-hydrogen) atoms. The summed E-state index contributed by atoms with van der Waals surface area (Å²) in [7, 11) is 0. The number of piperidine rings is 2. The van der Waals surface area contributed by atoms with Crippen LogP contribution in [-0.2, 0) is 28.5 Å². The van der Waals surface area contributed by atoms with Crippen molar-refractivity contribution in [1.82, 2.24) is 10.6 Å². The van der Waals surface area contributed by atoms with Gasteiger partial charge in [0.05, 0.1) is 54.4 Å². The van der Waals surface area contributed by atoms with E-state index in [1.807, 2.05) is 27.7 Å². The van der Waals surface area contributed by atoms with Crippen molar-refractivity contribution in [1.29, 1.82) is 0 Å². The van der Waals surface area contributed by atoms with Gasteiger partial charge in [-0.05, 0) is 103 Å². The largest absolute Gasteiger partial charge is 0.457 e. The minimum atomic E-state index is -1.00. The van der Waals surface area contributed by atoms with Crippen LogP contribution >= 0.6 is 0 Å². The lowest BCUT2D eigenvalue weighted by Crippen LogP contribution is -2.63. The topological polar surface area (TPSA) is 171 Å². The fourth-order valence-corrected chi connectivity index (χ4v) is 10.6. The number of esters is 1. The Balaban J connectivity index is 1.01. The van der Waals surface area contributed by atoms with Crippen LogP contribution in [0.5, 0.6) is 0 Å². The molecule has 7 N–H and O–H groups in total. The van der Waals surface area contributed by atoms with Crippen molar-refractivity contribution in [2.24, 2.45) is 40.6 Å². The number of hydrogen-bond donors (Lipinski definition) is 5. The first-order chi connectivity index (χ1) is 21.8. The van der Waals surface area contributed by atoms with E-state index in [1.54, 1.807) is 0 Å². The summed E-state index contributed by atoms with van der Waals surface area (Å²) in [6.45, 7) is 8.61. The summed E-state index contributed by atoms with van der Waals surface area (Å²) in [4.78, 5) is 26.8. The summed E-state index contributed by atoms with van der Waals surface area (Å²) in [5, 5.41) is 18.5. The summed E-state index contributed by atoms with van der Waals surface area (Å²) >= 11 is 0. The predicted molar refractivity (Wildman–Crippen MR) is 170 cm³/mol. The molecule has 260 valence electrons. The molecule has 11 heteroatoms. The number of carbonyl (C=O) groups is 2. The van der Waals surface area contributed by atoms with E-state index in [9.17, 15) is 14.7 Å². The fraction of sp³-hybridized carbons (Fsp3) is 0.943. The zero-order valence-electron chi connectivity index (χ0n) is 28.2. The Bertz CT molecular complexity index is 1160. The van der Waals surface area contributed by atoms with Crippen LogP contribution in [0.1, 0.15) is 105 Å². The third kappa shape index (κ3) is 6.10. The molecule has 2 aliphatic carbocycles. The number of aliphatic hydroxyl groups is 1. The van der Waals surface area contributed by atoms with Crippen molar-refractivity contribution in [2.45, 2.75) is 171 Å². The van der Waals surface area contributed by atoms with Crippen LogP contribution in [0.3, 0.4) is 0 Å². The SMILES string of the molecule is CC1CC(=O)C2C(CC3OC(C)(C)[C@H](OC(=O)[C@@]4(C)O[C@@H]4CC4(C5CC(N)NC(C6CCNC(N)C6)C5)CCCC4)CC3C2O)O1. The van der Waals surface area contributed by atoms with Crippen LogP contribution in [0.4, 0.5) is 0 Å². The second kappa shape index (κ2) is 12.3. The van der Waals surface area contributed by atoms with Crippen LogP contribution in [0.15, 0.2) is 0 Å². The highest BCUT2D eigenvalue weighted by atomic mass is 16.7.